The lowest BCUT2D eigenvalue weighted by atomic mass is 10.0. The maximum absolute atomic E-state index is 5.43. The molecule has 1 aromatic rings. The second-order valence-electron chi connectivity index (χ2n) is 3.98. The van der Waals surface area contributed by atoms with Crippen molar-refractivity contribution in [3.8, 4) is 0 Å². The Labute approximate surface area is 83.5 Å². The molecule has 3 heteroatoms. The normalized spacial score (nSPS) is 23.4. The highest BCUT2D eigenvalue weighted by atomic mass is 16.5. The van der Waals surface area contributed by atoms with Crippen LogP contribution in [0, 0.1) is 0 Å². The first kappa shape index (κ1) is 8.12. The van der Waals surface area contributed by atoms with E-state index in [1.54, 1.807) is 0 Å². The third-order valence-electron chi connectivity index (χ3n) is 2.86. The fourth-order valence-corrected chi connectivity index (χ4v) is 2.16. The van der Waals surface area contributed by atoms with Gasteiger partial charge in [-0.15, -0.1) is 0 Å². The molecule has 1 aromatic carbocycles. The van der Waals surface area contributed by atoms with Gasteiger partial charge in [-0.1, -0.05) is 0 Å². The van der Waals surface area contributed by atoms with Crippen LogP contribution in [-0.2, 0) is 17.8 Å². The standard InChI is InChI=1S/C11H14N2O/c1-7-12-10-4-8-2-3-14-6-9(8)5-11(10)13-7/h4-5,7,12-13H,2-3,6H2,1H3. The van der Waals surface area contributed by atoms with E-state index >= 15 is 0 Å². The van der Waals surface area contributed by atoms with Crippen LogP contribution in [0.5, 0.6) is 0 Å². The Bertz CT molecular complexity index is 341. The van der Waals surface area contributed by atoms with Crippen LogP contribution in [0.1, 0.15) is 18.1 Å². The average Bonchev–Trinajstić information content (AvgIpc) is 2.53. The number of nitrogens with one attached hydrogen (secondary N) is 2. The largest absolute Gasteiger partial charge is 0.376 e. The SMILES string of the molecule is CC1Nc2cc3c(cc2N1)COCC3. The van der Waals surface area contributed by atoms with Crippen molar-refractivity contribution >= 4 is 11.4 Å². The molecule has 0 aliphatic carbocycles. The molecule has 1 atom stereocenters. The highest BCUT2D eigenvalue weighted by molar-refractivity contribution is 5.76. The summed E-state index contributed by atoms with van der Waals surface area (Å²) in [7, 11) is 0. The van der Waals surface area contributed by atoms with Crippen molar-refractivity contribution in [2.75, 3.05) is 17.2 Å². The third-order valence-corrected chi connectivity index (χ3v) is 2.86. The van der Waals surface area contributed by atoms with E-state index in [1.807, 2.05) is 0 Å². The van der Waals surface area contributed by atoms with Gasteiger partial charge in [0, 0.05) is 0 Å². The molecule has 2 N–H and O–H groups in total. The summed E-state index contributed by atoms with van der Waals surface area (Å²) >= 11 is 0. The van der Waals surface area contributed by atoms with Crippen molar-refractivity contribution in [2.24, 2.45) is 0 Å². The molecule has 2 aliphatic rings. The van der Waals surface area contributed by atoms with Gasteiger partial charge in [0.1, 0.15) is 0 Å². The van der Waals surface area contributed by atoms with Gasteiger partial charge in [-0.3, -0.25) is 0 Å². The molecule has 0 spiro atoms. The van der Waals surface area contributed by atoms with Gasteiger partial charge in [-0.25, -0.2) is 0 Å². The van der Waals surface area contributed by atoms with Crippen molar-refractivity contribution in [2.45, 2.75) is 26.1 Å². The predicted molar refractivity (Wildman–Crippen MR) is 56.5 cm³/mol. The van der Waals surface area contributed by atoms with E-state index in [0.717, 1.165) is 19.6 Å². The zero-order valence-corrected chi connectivity index (χ0v) is 8.26. The molecule has 14 heavy (non-hydrogen) atoms. The van der Waals surface area contributed by atoms with Crippen molar-refractivity contribution in [3.63, 3.8) is 0 Å². The first-order chi connectivity index (χ1) is 6.83. The first-order valence-electron chi connectivity index (χ1n) is 5.09. The first-order valence-corrected chi connectivity index (χ1v) is 5.09. The van der Waals surface area contributed by atoms with Crippen LogP contribution in [0.2, 0.25) is 0 Å². The molecule has 0 saturated heterocycles. The molecule has 3 nitrogen and oxygen atoms in total. The summed E-state index contributed by atoms with van der Waals surface area (Å²) in [6, 6.07) is 4.46. The minimum atomic E-state index is 0.342. The lowest BCUT2D eigenvalue weighted by molar-refractivity contribution is 0.111. The molecule has 1 unspecified atom stereocenters. The number of anilines is 2. The van der Waals surface area contributed by atoms with Crippen molar-refractivity contribution < 1.29 is 4.74 Å². The summed E-state index contributed by atoms with van der Waals surface area (Å²) in [6.07, 6.45) is 1.38. The molecular formula is C11H14N2O. The fourth-order valence-electron chi connectivity index (χ4n) is 2.16. The van der Waals surface area contributed by atoms with Crippen LogP contribution in [0.4, 0.5) is 11.4 Å². The van der Waals surface area contributed by atoms with Crippen LogP contribution in [0.3, 0.4) is 0 Å². The molecule has 0 fully saturated rings. The minimum absolute atomic E-state index is 0.342. The Morgan fingerprint density at radius 2 is 1.93 bits per heavy atom. The van der Waals surface area contributed by atoms with Gasteiger partial charge in [0.15, 0.2) is 0 Å². The van der Waals surface area contributed by atoms with E-state index in [2.05, 4.69) is 29.7 Å². The minimum Gasteiger partial charge on any atom is -0.376 e. The molecule has 0 amide bonds. The van der Waals surface area contributed by atoms with Gasteiger partial charge in [-0.05, 0) is 36.6 Å². The number of hydrogen-bond donors (Lipinski definition) is 2. The number of fused-ring (bicyclic) bond motifs is 2. The van der Waals surface area contributed by atoms with Gasteiger partial charge >= 0.3 is 0 Å². The number of rotatable bonds is 0. The molecule has 3 rings (SSSR count). The van der Waals surface area contributed by atoms with E-state index in [1.165, 1.54) is 22.5 Å². The van der Waals surface area contributed by atoms with E-state index in [0.29, 0.717) is 6.17 Å². The Balaban J connectivity index is 2.06. The van der Waals surface area contributed by atoms with Crippen LogP contribution >= 0.6 is 0 Å². The van der Waals surface area contributed by atoms with Crippen LogP contribution in [0.25, 0.3) is 0 Å². The Morgan fingerprint density at radius 1 is 1.21 bits per heavy atom. The zero-order chi connectivity index (χ0) is 9.54. The zero-order valence-electron chi connectivity index (χ0n) is 8.26. The summed E-state index contributed by atoms with van der Waals surface area (Å²) in [5.74, 6) is 0. The highest BCUT2D eigenvalue weighted by Gasteiger charge is 2.19. The molecular weight excluding hydrogens is 176 g/mol. The molecule has 0 aromatic heterocycles. The molecule has 74 valence electrons. The highest BCUT2D eigenvalue weighted by Crippen LogP contribution is 2.33. The van der Waals surface area contributed by atoms with Gasteiger partial charge < -0.3 is 15.4 Å². The molecule has 0 radical (unpaired) electrons. The van der Waals surface area contributed by atoms with E-state index in [9.17, 15) is 0 Å². The maximum Gasteiger partial charge on any atom is 0.0935 e. The number of hydrogen-bond acceptors (Lipinski definition) is 3. The maximum atomic E-state index is 5.43. The van der Waals surface area contributed by atoms with Crippen molar-refractivity contribution in [1.29, 1.82) is 0 Å². The second kappa shape index (κ2) is 2.89. The molecule has 2 heterocycles. The molecule has 0 bridgehead atoms. The van der Waals surface area contributed by atoms with Gasteiger partial charge in [0.2, 0.25) is 0 Å². The third kappa shape index (κ3) is 1.16. The van der Waals surface area contributed by atoms with Crippen LogP contribution < -0.4 is 10.6 Å². The lowest BCUT2D eigenvalue weighted by Gasteiger charge is -2.17. The van der Waals surface area contributed by atoms with Gasteiger partial charge in [-0.2, -0.15) is 0 Å². The smallest absolute Gasteiger partial charge is 0.0935 e. The van der Waals surface area contributed by atoms with Gasteiger partial charge in [0.25, 0.3) is 0 Å². The van der Waals surface area contributed by atoms with E-state index in [-0.39, 0.29) is 0 Å². The Kier molecular flexibility index (Phi) is 1.67. The fraction of sp³-hybridized carbons (Fsp3) is 0.455. The summed E-state index contributed by atoms with van der Waals surface area (Å²) in [6.45, 7) is 3.74. The summed E-state index contributed by atoms with van der Waals surface area (Å²) in [4.78, 5) is 0. The van der Waals surface area contributed by atoms with Crippen molar-refractivity contribution in [1.82, 2.24) is 0 Å². The van der Waals surface area contributed by atoms with E-state index < -0.39 is 0 Å². The quantitative estimate of drug-likeness (QED) is 0.656. The van der Waals surface area contributed by atoms with Crippen LogP contribution in [0.15, 0.2) is 12.1 Å². The topological polar surface area (TPSA) is 33.3 Å². The summed E-state index contributed by atoms with van der Waals surface area (Å²) in [5.41, 5.74) is 5.21. The lowest BCUT2D eigenvalue weighted by Crippen LogP contribution is -2.16. The summed E-state index contributed by atoms with van der Waals surface area (Å²) < 4.78 is 5.43. The second-order valence-corrected chi connectivity index (χ2v) is 3.98. The Hall–Kier alpha value is -1.22. The van der Waals surface area contributed by atoms with E-state index in [4.69, 9.17) is 4.74 Å². The summed E-state index contributed by atoms with van der Waals surface area (Å²) in [5, 5.41) is 6.78. The Morgan fingerprint density at radius 3 is 2.71 bits per heavy atom. The predicted octanol–water partition coefficient (Wildman–Crippen LogP) is 1.94. The molecule has 2 aliphatic heterocycles. The monoisotopic (exact) mass is 190 g/mol. The van der Waals surface area contributed by atoms with Crippen molar-refractivity contribution in [3.05, 3.63) is 23.3 Å². The number of benzene rings is 1. The van der Waals surface area contributed by atoms with Gasteiger partial charge in [0.05, 0.1) is 30.8 Å². The molecule has 0 saturated carbocycles. The van der Waals surface area contributed by atoms with Crippen LogP contribution in [-0.4, -0.2) is 12.8 Å². The average molecular weight is 190 g/mol. The number of ether oxygens (including phenoxy) is 1.